The van der Waals surface area contributed by atoms with Crippen LogP contribution < -0.4 is 10.2 Å². The third-order valence-electron chi connectivity index (χ3n) is 3.58. The van der Waals surface area contributed by atoms with Crippen molar-refractivity contribution in [2.75, 3.05) is 5.43 Å². The molecule has 0 amide bonds. The summed E-state index contributed by atoms with van der Waals surface area (Å²) >= 11 is 11.8. The summed E-state index contributed by atoms with van der Waals surface area (Å²) in [5.41, 5.74) is 4.99. The number of hydrazone groups is 1. The minimum absolute atomic E-state index is 0.0665. The Morgan fingerprint density at radius 3 is 2.38 bits per heavy atom. The molecule has 0 aliphatic carbocycles. The molecule has 26 heavy (non-hydrogen) atoms. The van der Waals surface area contributed by atoms with Gasteiger partial charge in [0.2, 0.25) is 0 Å². The summed E-state index contributed by atoms with van der Waals surface area (Å²) < 4.78 is 19.3. The van der Waals surface area contributed by atoms with Crippen LogP contribution in [0.25, 0.3) is 0 Å². The fraction of sp³-hybridized carbons (Fsp3) is 0.0500. The van der Waals surface area contributed by atoms with Crippen molar-refractivity contribution in [1.82, 2.24) is 0 Å². The number of nitrogens with one attached hydrogen (secondary N) is 1. The molecule has 3 rings (SSSR count). The van der Waals surface area contributed by atoms with Gasteiger partial charge in [0.1, 0.15) is 18.2 Å². The van der Waals surface area contributed by atoms with Gasteiger partial charge in [0.15, 0.2) is 0 Å². The van der Waals surface area contributed by atoms with Crippen LogP contribution in [0.5, 0.6) is 5.75 Å². The Kier molecular flexibility index (Phi) is 6.10. The molecule has 0 radical (unpaired) electrons. The van der Waals surface area contributed by atoms with E-state index >= 15 is 0 Å². The van der Waals surface area contributed by atoms with E-state index in [0.717, 1.165) is 11.3 Å². The van der Waals surface area contributed by atoms with Gasteiger partial charge in [-0.15, -0.1) is 0 Å². The van der Waals surface area contributed by atoms with Crippen LogP contribution in [-0.2, 0) is 6.61 Å². The zero-order chi connectivity index (χ0) is 18.4. The van der Waals surface area contributed by atoms with Gasteiger partial charge in [-0.2, -0.15) is 5.10 Å². The lowest BCUT2D eigenvalue weighted by Gasteiger charge is -2.09. The number of benzene rings is 3. The first-order valence-corrected chi connectivity index (χ1v) is 8.58. The Labute approximate surface area is 161 Å². The van der Waals surface area contributed by atoms with Gasteiger partial charge in [-0.1, -0.05) is 29.3 Å². The van der Waals surface area contributed by atoms with Crippen molar-refractivity contribution < 1.29 is 9.13 Å². The van der Waals surface area contributed by atoms with E-state index in [4.69, 9.17) is 27.9 Å². The lowest BCUT2D eigenvalue weighted by Crippen LogP contribution is -1.99. The molecule has 3 aromatic carbocycles. The molecule has 0 saturated carbocycles. The fourth-order valence-corrected chi connectivity index (χ4v) is 2.53. The lowest BCUT2D eigenvalue weighted by molar-refractivity contribution is 0.300. The fourth-order valence-electron chi connectivity index (χ4n) is 2.18. The van der Waals surface area contributed by atoms with Crippen LogP contribution in [0.4, 0.5) is 10.1 Å². The summed E-state index contributed by atoms with van der Waals surface area (Å²) in [4.78, 5) is 0. The molecular formula is C20H15Cl2FN2O. The highest BCUT2D eigenvalue weighted by Gasteiger charge is 2.07. The third-order valence-corrected chi connectivity index (χ3v) is 4.18. The summed E-state index contributed by atoms with van der Waals surface area (Å²) in [7, 11) is 0. The first kappa shape index (κ1) is 18.2. The molecule has 0 atom stereocenters. The average Bonchev–Trinajstić information content (AvgIpc) is 2.64. The van der Waals surface area contributed by atoms with Crippen molar-refractivity contribution >= 4 is 35.1 Å². The Hall–Kier alpha value is -2.56. The van der Waals surface area contributed by atoms with Gasteiger partial charge < -0.3 is 4.74 Å². The second kappa shape index (κ2) is 8.70. The van der Waals surface area contributed by atoms with Gasteiger partial charge in [0, 0.05) is 10.6 Å². The minimum atomic E-state index is -0.380. The lowest BCUT2D eigenvalue weighted by atomic mass is 10.2. The zero-order valence-electron chi connectivity index (χ0n) is 13.6. The molecule has 0 bridgehead atoms. The van der Waals surface area contributed by atoms with Crippen LogP contribution in [0.15, 0.2) is 71.8 Å². The molecule has 0 aromatic heterocycles. The van der Waals surface area contributed by atoms with E-state index in [9.17, 15) is 4.39 Å². The maximum atomic E-state index is 13.7. The monoisotopic (exact) mass is 388 g/mol. The first-order valence-electron chi connectivity index (χ1n) is 7.82. The van der Waals surface area contributed by atoms with Crippen LogP contribution in [0.3, 0.4) is 0 Å². The molecule has 0 aliphatic rings. The number of rotatable bonds is 6. The maximum Gasteiger partial charge on any atom is 0.131 e. The Bertz CT molecular complexity index is 876. The zero-order valence-corrected chi connectivity index (χ0v) is 15.1. The predicted octanol–water partition coefficient (Wildman–Crippen LogP) is 6.16. The second-order valence-electron chi connectivity index (χ2n) is 5.43. The van der Waals surface area contributed by atoms with E-state index in [0.29, 0.717) is 21.4 Å². The number of nitrogens with zero attached hydrogens (tertiary/aromatic N) is 1. The van der Waals surface area contributed by atoms with E-state index in [-0.39, 0.29) is 12.4 Å². The van der Waals surface area contributed by atoms with E-state index in [2.05, 4.69) is 10.5 Å². The van der Waals surface area contributed by atoms with Crippen LogP contribution >= 0.6 is 23.2 Å². The summed E-state index contributed by atoms with van der Waals surface area (Å²) in [6.45, 7) is 0.0665. The standard InChI is InChI=1S/C20H15Cl2FN2O/c21-15-6-8-16(9-7-15)25-24-12-14-4-10-17(11-5-14)26-13-18-19(22)2-1-3-20(18)23/h1-12,25H,13H2. The first-order chi connectivity index (χ1) is 12.6. The van der Waals surface area contributed by atoms with Crippen molar-refractivity contribution in [3.8, 4) is 5.75 Å². The van der Waals surface area contributed by atoms with Crippen molar-refractivity contribution in [2.24, 2.45) is 5.10 Å². The molecule has 0 unspecified atom stereocenters. The SMILES string of the molecule is Fc1cccc(Cl)c1COc1ccc(C=NNc2ccc(Cl)cc2)cc1. The van der Waals surface area contributed by atoms with Crippen LogP contribution in [0.1, 0.15) is 11.1 Å². The number of hydrogen-bond acceptors (Lipinski definition) is 3. The Morgan fingerprint density at radius 1 is 0.962 bits per heavy atom. The Morgan fingerprint density at radius 2 is 1.69 bits per heavy atom. The Balaban J connectivity index is 1.56. The van der Waals surface area contributed by atoms with Gasteiger partial charge in [-0.3, -0.25) is 5.43 Å². The summed E-state index contributed by atoms with van der Waals surface area (Å²) in [6, 6.07) is 19.1. The van der Waals surface area contributed by atoms with Crippen LogP contribution in [0.2, 0.25) is 10.0 Å². The number of ether oxygens (including phenoxy) is 1. The largest absolute Gasteiger partial charge is 0.489 e. The molecule has 0 spiro atoms. The third kappa shape index (κ3) is 4.97. The number of hydrogen-bond donors (Lipinski definition) is 1. The molecule has 0 heterocycles. The molecule has 6 heteroatoms. The number of anilines is 1. The van der Waals surface area contributed by atoms with Gasteiger partial charge in [-0.05, 0) is 66.2 Å². The number of halogens is 3. The maximum absolute atomic E-state index is 13.7. The van der Waals surface area contributed by atoms with Gasteiger partial charge in [0.25, 0.3) is 0 Å². The minimum Gasteiger partial charge on any atom is -0.489 e. The molecule has 3 nitrogen and oxygen atoms in total. The van der Waals surface area contributed by atoms with Gasteiger partial charge in [-0.25, -0.2) is 4.39 Å². The summed E-state index contributed by atoms with van der Waals surface area (Å²) in [5.74, 6) is 0.238. The summed E-state index contributed by atoms with van der Waals surface area (Å²) in [5, 5.41) is 5.18. The molecule has 0 fully saturated rings. The van der Waals surface area contributed by atoms with Crippen molar-refractivity contribution in [1.29, 1.82) is 0 Å². The van der Waals surface area contributed by atoms with E-state index in [1.54, 1.807) is 42.6 Å². The van der Waals surface area contributed by atoms with E-state index < -0.39 is 0 Å². The van der Waals surface area contributed by atoms with Crippen molar-refractivity contribution in [3.05, 3.63) is 93.7 Å². The van der Waals surface area contributed by atoms with E-state index in [1.165, 1.54) is 6.07 Å². The van der Waals surface area contributed by atoms with Crippen LogP contribution in [-0.4, -0.2) is 6.21 Å². The summed E-state index contributed by atoms with van der Waals surface area (Å²) in [6.07, 6.45) is 1.69. The molecule has 132 valence electrons. The highest BCUT2D eigenvalue weighted by Crippen LogP contribution is 2.21. The quantitative estimate of drug-likeness (QED) is 0.405. The van der Waals surface area contributed by atoms with Crippen molar-refractivity contribution in [3.63, 3.8) is 0 Å². The average molecular weight is 389 g/mol. The smallest absolute Gasteiger partial charge is 0.131 e. The van der Waals surface area contributed by atoms with Gasteiger partial charge >= 0.3 is 0 Å². The molecule has 1 N–H and O–H groups in total. The van der Waals surface area contributed by atoms with E-state index in [1.807, 2.05) is 24.3 Å². The molecule has 0 saturated heterocycles. The second-order valence-corrected chi connectivity index (χ2v) is 6.28. The van der Waals surface area contributed by atoms with Crippen molar-refractivity contribution in [2.45, 2.75) is 6.61 Å². The topological polar surface area (TPSA) is 33.6 Å². The van der Waals surface area contributed by atoms with Gasteiger partial charge in [0.05, 0.1) is 16.9 Å². The highest BCUT2D eigenvalue weighted by atomic mass is 35.5. The highest BCUT2D eigenvalue weighted by molar-refractivity contribution is 6.31. The molecular weight excluding hydrogens is 374 g/mol. The normalized spacial score (nSPS) is 10.9. The predicted molar refractivity (Wildman–Crippen MR) is 105 cm³/mol. The molecule has 0 aliphatic heterocycles. The van der Waals surface area contributed by atoms with Crippen LogP contribution in [0, 0.1) is 5.82 Å². The molecule has 3 aromatic rings.